The van der Waals surface area contributed by atoms with E-state index < -0.39 is 23.8 Å². The van der Waals surface area contributed by atoms with Crippen molar-refractivity contribution >= 4 is 17.6 Å². The number of benzene rings is 2. The van der Waals surface area contributed by atoms with Crippen LogP contribution in [-0.4, -0.2) is 34.3 Å². The number of anilines is 1. The molecule has 0 radical (unpaired) electrons. The molecule has 9 heteroatoms. The summed E-state index contributed by atoms with van der Waals surface area (Å²) in [6, 6.07) is 16.4. The van der Waals surface area contributed by atoms with Gasteiger partial charge in [0.05, 0.1) is 17.8 Å². The van der Waals surface area contributed by atoms with E-state index in [4.69, 9.17) is 4.42 Å². The molecule has 0 aliphatic carbocycles. The van der Waals surface area contributed by atoms with Crippen LogP contribution in [0, 0.1) is 6.92 Å². The fourth-order valence-electron chi connectivity index (χ4n) is 3.56. The molecule has 0 atom stereocenters. The van der Waals surface area contributed by atoms with Gasteiger partial charge in [0, 0.05) is 12.6 Å². The lowest BCUT2D eigenvalue weighted by Crippen LogP contribution is -2.47. The molecular formula is C26H28F3N3O3. The van der Waals surface area contributed by atoms with Crippen molar-refractivity contribution in [3.8, 4) is 0 Å². The standard InChI is InChI=1S/C26H28F3N3O3/c1-18(2)32(25(34)30-23-12-8-7-11-22(23)26(27,28)29)17-24(33)31(15-20-9-5-4-6-10-20)16-21-14-13-19(3)35-21/h4-14,18H,15-17H2,1-3H3,(H,30,34). The molecule has 0 saturated heterocycles. The lowest BCUT2D eigenvalue weighted by Gasteiger charge is -2.30. The van der Waals surface area contributed by atoms with Crippen molar-refractivity contribution in [2.45, 2.75) is 46.1 Å². The van der Waals surface area contributed by atoms with Crippen LogP contribution in [0.25, 0.3) is 0 Å². The number of furan rings is 1. The molecule has 35 heavy (non-hydrogen) atoms. The lowest BCUT2D eigenvalue weighted by molar-refractivity contribution is -0.137. The number of nitrogens with one attached hydrogen (secondary N) is 1. The maximum absolute atomic E-state index is 13.4. The quantitative estimate of drug-likeness (QED) is 0.419. The summed E-state index contributed by atoms with van der Waals surface area (Å²) in [7, 11) is 0. The Kier molecular flexibility index (Phi) is 8.22. The average molecular weight is 488 g/mol. The first-order chi connectivity index (χ1) is 16.5. The summed E-state index contributed by atoms with van der Waals surface area (Å²) in [5.41, 5.74) is -0.429. The van der Waals surface area contributed by atoms with Crippen molar-refractivity contribution in [1.82, 2.24) is 9.80 Å². The molecule has 3 rings (SSSR count). The van der Waals surface area contributed by atoms with Gasteiger partial charge in [0.2, 0.25) is 5.91 Å². The molecule has 3 amide bonds. The van der Waals surface area contributed by atoms with Gasteiger partial charge in [0.25, 0.3) is 0 Å². The number of hydrogen-bond donors (Lipinski definition) is 1. The Hall–Kier alpha value is -3.75. The van der Waals surface area contributed by atoms with Gasteiger partial charge < -0.3 is 19.5 Å². The third kappa shape index (κ3) is 7.11. The van der Waals surface area contributed by atoms with Crippen LogP contribution in [0.2, 0.25) is 0 Å². The first kappa shape index (κ1) is 25.9. The second-order valence-corrected chi connectivity index (χ2v) is 8.44. The first-order valence-electron chi connectivity index (χ1n) is 11.2. The summed E-state index contributed by atoms with van der Waals surface area (Å²) in [4.78, 5) is 29.1. The van der Waals surface area contributed by atoms with Gasteiger partial charge in [-0.05, 0) is 50.6 Å². The van der Waals surface area contributed by atoms with Crippen molar-refractivity contribution in [2.24, 2.45) is 0 Å². The number of hydrogen-bond acceptors (Lipinski definition) is 3. The molecule has 0 unspecified atom stereocenters. The third-order valence-corrected chi connectivity index (χ3v) is 5.38. The zero-order valence-corrected chi connectivity index (χ0v) is 19.8. The third-order valence-electron chi connectivity index (χ3n) is 5.38. The van der Waals surface area contributed by atoms with Gasteiger partial charge in [0.15, 0.2) is 0 Å². The number of halogens is 3. The number of nitrogens with zero attached hydrogens (tertiary/aromatic N) is 2. The number of amides is 3. The van der Waals surface area contributed by atoms with E-state index in [1.165, 1.54) is 23.1 Å². The number of aryl methyl sites for hydroxylation is 1. The van der Waals surface area contributed by atoms with E-state index in [0.717, 1.165) is 11.6 Å². The fourth-order valence-corrected chi connectivity index (χ4v) is 3.56. The highest BCUT2D eigenvalue weighted by Crippen LogP contribution is 2.34. The van der Waals surface area contributed by atoms with Crippen LogP contribution < -0.4 is 5.32 Å². The Bertz CT molecular complexity index is 1140. The van der Waals surface area contributed by atoms with Gasteiger partial charge >= 0.3 is 12.2 Å². The summed E-state index contributed by atoms with van der Waals surface area (Å²) in [6.45, 7) is 5.34. The molecule has 6 nitrogen and oxygen atoms in total. The van der Waals surface area contributed by atoms with E-state index in [1.807, 2.05) is 30.3 Å². The minimum absolute atomic E-state index is 0.187. The van der Waals surface area contributed by atoms with Crippen LogP contribution in [0.15, 0.2) is 71.1 Å². The van der Waals surface area contributed by atoms with Crippen LogP contribution in [0.4, 0.5) is 23.7 Å². The van der Waals surface area contributed by atoms with Crippen molar-refractivity contribution in [3.63, 3.8) is 0 Å². The summed E-state index contributed by atoms with van der Waals surface area (Å²) in [5, 5.41) is 2.32. The minimum atomic E-state index is -4.63. The maximum Gasteiger partial charge on any atom is 0.418 e. The Balaban J connectivity index is 1.79. The van der Waals surface area contributed by atoms with Gasteiger partial charge in [-0.25, -0.2) is 4.79 Å². The zero-order chi connectivity index (χ0) is 25.6. The van der Waals surface area contributed by atoms with Gasteiger partial charge in [-0.2, -0.15) is 13.2 Å². The molecule has 0 fully saturated rings. The Labute approximate surface area is 202 Å². The molecule has 0 saturated carbocycles. The molecule has 186 valence electrons. The molecule has 1 N–H and O–H groups in total. The SMILES string of the molecule is Cc1ccc(CN(Cc2ccccc2)C(=O)CN(C(=O)Nc2ccccc2C(F)(F)F)C(C)C)o1. The van der Waals surface area contributed by atoms with Gasteiger partial charge in [-0.15, -0.1) is 0 Å². The molecule has 0 aliphatic heterocycles. The van der Waals surface area contributed by atoms with Crippen molar-refractivity contribution < 1.29 is 27.2 Å². The lowest BCUT2D eigenvalue weighted by atomic mass is 10.1. The average Bonchev–Trinajstić information content (AvgIpc) is 3.21. The highest BCUT2D eigenvalue weighted by Gasteiger charge is 2.34. The van der Waals surface area contributed by atoms with E-state index in [1.54, 1.807) is 37.8 Å². The van der Waals surface area contributed by atoms with Crippen molar-refractivity contribution in [2.75, 3.05) is 11.9 Å². The van der Waals surface area contributed by atoms with Crippen molar-refractivity contribution in [1.29, 1.82) is 0 Å². The topological polar surface area (TPSA) is 65.8 Å². The molecule has 2 aromatic carbocycles. The fraction of sp³-hybridized carbons (Fsp3) is 0.308. The highest BCUT2D eigenvalue weighted by atomic mass is 19.4. The van der Waals surface area contributed by atoms with Crippen LogP contribution in [0.3, 0.4) is 0 Å². The summed E-state index contributed by atoms with van der Waals surface area (Å²) >= 11 is 0. The first-order valence-corrected chi connectivity index (χ1v) is 11.2. The van der Waals surface area contributed by atoms with E-state index in [0.29, 0.717) is 11.5 Å². The van der Waals surface area contributed by atoms with Crippen LogP contribution in [-0.2, 0) is 24.1 Å². The van der Waals surface area contributed by atoms with E-state index >= 15 is 0 Å². The van der Waals surface area contributed by atoms with E-state index in [9.17, 15) is 22.8 Å². The smallest absolute Gasteiger partial charge is 0.418 e. The molecule has 0 spiro atoms. The Morgan fingerprint density at radius 3 is 2.20 bits per heavy atom. The predicted molar refractivity (Wildman–Crippen MR) is 126 cm³/mol. The van der Waals surface area contributed by atoms with E-state index in [-0.39, 0.29) is 31.2 Å². The van der Waals surface area contributed by atoms with Crippen LogP contribution in [0.1, 0.15) is 36.5 Å². The monoisotopic (exact) mass is 487 g/mol. The number of alkyl halides is 3. The van der Waals surface area contributed by atoms with Crippen molar-refractivity contribution in [3.05, 3.63) is 89.4 Å². The number of carbonyl (C=O) groups excluding carboxylic acids is 2. The molecule has 1 aromatic heterocycles. The molecule has 0 aliphatic rings. The summed E-state index contributed by atoms with van der Waals surface area (Å²) in [6.07, 6.45) is -4.63. The maximum atomic E-state index is 13.4. The second kappa shape index (κ2) is 11.1. The van der Waals surface area contributed by atoms with Gasteiger partial charge in [-0.3, -0.25) is 4.79 Å². The zero-order valence-electron chi connectivity index (χ0n) is 19.8. The molecule has 0 bridgehead atoms. The van der Waals surface area contributed by atoms with Gasteiger partial charge in [-0.1, -0.05) is 42.5 Å². The number of carbonyl (C=O) groups is 2. The molecule has 3 aromatic rings. The number of para-hydroxylation sites is 1. The van der Waals surface area contributed by atoms with Crippen LogP contribution in [0.5, 0.6) is 0 Å². The second-order valence-electron chi connectivity index (χ2n) is 8.44. The summed E-state index contributed by atoms with van der Waals surface area (Å²) < 4.78 is 45.7. The highest BCUT2D eigenvalue weighted by molar-refractivity contribution is 5.93. The van der Waals surface area contributed by atoms with Gasteiger partial charge in [0.1, 0.15) is 18.1 Å². The number of urea groups is 1. The molecule has 1 heterocycles. The Morgan fingerprint density at radius 2 is 1.60 bits per heavy atom. The van der Waals surface area contributed by atoms with Crippen LogP contribution >= 0.6 is 0 Å². The minimum Gasteiger partial charge on any atom is -0.464 e. The predicted octanol–water partition coefficient (Wildman–Crippen LogP) is 6.08. The molecular weight excluding hydrogens is 459 g/mol. The number of rotatable bonds is 8. The largest absolute Gasteiger partial charge is 0.464 e. The van der Waals surface area contributed by atoms with E-state index in [2.05, 4.69) is 5.32 Å². The Morgan fingerprint density at radius 1 is 0.943 bits per heavy atom. The summed E-state index contributed by atoms with van der Waals surface area (Å²) in [5.74, 6) is 0.931. The normalized spacial score (nSPS) is 11.4.